The molecule has 1 N–H and O–H groups in total. The van der Waals surface area contributed by atoms with E-state index >= 15 is 0 Å². The molecule has 0 aliphatic carbocycles. The number of rotatable bonds is 9. The van der Waals surface area contributed by atoms with E-state index in [9.17, 15) is 14.3 Å². The molecule has 3 atom stereocenters. The zero-order valence-corrected chi connectivity index (χ0v) is 22.5. The summed E-state index contributed by atoms with van der Waals surface area (Å²) in [5.41, 5.74) is 4.41. The average Bonchev–Trinajstić information content (AvgIpc) is 2.88. The fourth-order valence-corrected chi connectivity index (χ4v) is 5.92. The van der Waals surface area contributed by atoms with Gasteiger partial charge in [0.15, 0.2) is 5.78 Å². The molecule has 37 heavy (non-hydrogen) atoms. The van der Waals surface area contributed by atoms with Crippen molar-refractivity contribution in [3.8, 4) is 5.75 Å². The minimum absolute atomic E-state index is 0.00105. The number of nitrogens with zero attached hydrogens (tertiary/aromatic N) is 2. The molecule has 1 aliphatic heterocycles. The van der Waals surface area contributed by atoms with Crippen molar-refractivity contribution >= 4 is 5.78 Å². The summed E-state index contributed by atoms with van der Waals surface area (Å²) in [5, 5.41) is 10.1. The van der Waals surface area contributed by atoms with Gasteiger partial charge in [-0.05, 0) is 94.3 Å². The van der Waals surface area contributed by atoms with E-state index in [1.54, 1.807) is 30.3 Å². The zero-order chi connectivity index (χ0) is 26.5. The number of benzene rings is 3. The summed E-state index contributed by atoms with van der Waals surface area (Å²) in [6.07, 6.45) is 2.14. The third kappa shape index (κ3) is 6.28. The number of carbonyl (C=O) groups is 1. The second kappa shape index (κ2) is 12.0. The molecule has 0 unspecified atom stereocenters. The van der Waals surface area contributed by atoms with E-state index in [-0.39, 0.29) is 35.1 Å². The van der Waals surface area contributed by atoms with Crippen molar-refractivity contribution in [1.29, 1.82) is 0 Å². The molecular weight excluding hydrogens is 463 g/mol. The largest absolute Gasteiger partial charge is 0.508 e. The summed E-state index contributed by atoms with van der Waals surface area (Å²) in [6, 6.07) is 20.2. The van der Waals surface area contributed by atoms with Crippen LogP contribution in [0.3, 0.4) is 0 Å². The van der Waals surface area contributed by atoms with E-state index in [4.69, 9.17) is 0 Å². The Morgan fingerprint density at radius 1 is 0.973 bits per heavy atom. The third-order valence-electron chi connectivity index (χ3n) is 7.83. The van der Waals surface area contributed by atoms with Crippen molar-refractivity contribution in [2.75, 3.05) is 40.3 Å². The zero-order valence-electron chi connectivity index (χ0n) is 22.5. The minimum Gasteiger partial charge on any atom is -0.508 e. The van der Waals surface area contributed by atoms with E-state index in [0.717, 1.165) is 38.0 Å². The first kappa shape index (κ1) is 27.0. The first-order valence-corrected chi connectivity index (χ1v) is 13.3. The lowest BCUT2D eigenvalue weighted by atomic mass is 9.67. The molecule has 0 amide bonds. The van der Waals surface area contributed by atoms with Crippen LogP contribution in [0.2, 0.25) is 0 Å². The second-order valence-electron chi connectivity index (χ2n) is 10.7. The first-order chi connectivity index (χ1) is 17.8. The molecule has 196 valence electrons. The number of unbranched alkanes of at least 4 members (excludes halogenated alkanes) is 1. The van der Waals surface area contributed by atoms with Gasteiger partial charge in [-0.2, -0.15) is 0 Å². The molecule has 4 rings (SSSR count). The Morgan fingerprint density at radius 3 is 2.43 bits per heavy atom. The smallest absolute Gasteiger partial charge is 0.167 e. The number of halogens is 1. The summed E-state index contributed by atoms with van der Waals surface area (Å²) >= 11 is 0. The Hall–Kier alpha value is -3.02. The number of phenols is 1. The van der Waals surface area contributed by atoms with E-state index in [0.29, 0.717) is 17.7 Å². The molecular formula is C32H39FN2O2. The second-order valence-corrected chi connectivity index (χ2v) is 10.7. The average molecular weight is 503 g/mol. The number of carbonyl (C=O) groups excluding carboxylic acids is 1. The van der Waals surface area contributed by atoms with Crippen LogP contribution in [0.4, 0.5) is 4.39 Å². The van der Waals surface area contributed by atoms with Crippen LogP contribution in [0.25, 0.3) is 0 Å². The number of hydrogen-bond acceptors (Lipinski definition) is 4. The molecule has 1 fully saturated rings. The minimum atomic E-state index is -0.366. The fourth-order valence-electron chi connectivity index (χ4n) is 5.92. The standard InChI is InChI=1S/C32H39FN2O2/c1-22-11-5-6-14-26(22)28-20-35(18-8-7-17-34(3)4)21-29(32(37)24-12-9-13-25(36)19-24)31(28)27-15-10-16-30(33)23(27)2/h5-6,9-16,19,28-29,31,36H,7-8,17-18,20-21H2,1-4H3/t28-,29+,31+/m1/s1. The van der Waals surface area contributed by atoms with E-state index in [1.807, 2.05) is 19.1 Å². The van der Waals surface area contributed by atoms with Crippen LogP contribution in [-0.2, 0) is 0 Å². The van der Waals surface area contributed by atoms with Crippen molar-refractivity contribution in [3.63, 3.8) is 0 Å². The molecule has 0 bridgehead atoms. The Balaban J connectivity index is 1.79. The van der Waals surface area contributed by atoms with Gasteiger partial charge in [0.1, 0.15) is 11.6 Å². The monoisotopic (exact) mass is 502 g/mol. The lowest BCUT2D eigenvalue weighted by molar-refractivity contribution is 0.0734. The fraction of sp³-hybridized carbons (Fsp3) is 0.406. The van der Waals surface area contributed by atoms with Crippen LogP contribution in [0.5, 0.6) is 5.75 Å². The predicted molar refractivity (Wildman–Crippen MR) is 148 cm³/mol. The van der Waals surface area contributed by atoms with Crippen molar-refractivity contribution in [2.45, 2.75) is 38.5 Å². The van der Waals surface area contributed by atoms with Gasteiger partial charge in [-0.25, -0.2) is 4.39 Å². The molecule has 1 aliphatic rings. The van der Waals surface area contributed by atoms with Gasteiger partial charge >= 0.3 is 0 Å². The molecule has 1 saturated heterocycles. The van der Waals surface area contributed by atoms with Gasteiger partial charge < -0.3 is 14.9 Å². The molecule has 0 radical (unpaired) electrons. The lowest BCUT2D eigenvalue weighted by Gasteiger charge is -2.45. The Morgan fingerprint density at radius 2 is 1.70 bits per heavy atom. The van der Waals surface area contributed by atoms with Crippen LogP contribution >= 0.6 is 0 Å². The SMILES string of the molecule is Cc1ccccc1[C@H]1CN(CCCCN(C)C)C[C@H](C(=O)c2cccc(O)c2)[C@H]1c1cccc(F)c1C. The summed E-state index contributed by atoms with van der Waals surface area (Å²) in [7, 11) is 4.18. The summed E-state index contributed by atoms with van der Waals surface area (Å²) < 4.78 is 14.9. The number of hydrogen-bond donors (Lipinski definition) is 1. The molecule has 3 aromatic rings. The van der Waals surface area contributed by atoms with Crippen LogP contribution in [-0.4, -0.2) is 61.0 Å². The number of aryl methyl sites for hydroxylation is 1. The van der Waals surface area contributed by atoms with Crippen molar-refractivity contribution in [1.82, 2.24) is 9.80 Å². The molecule has 0 aromatic heterocycles. The Labute approximate surface area is 220 Å². The summed E-state index contributed by atoms with van der Waals surface area (Å²) in [4.78, 5) is 18.7. The predicted octanol–water partition coefficient (Wildman–Crippen LogP) is 6.17. The van der Waals surface area contributed by atoms with Gasteiger partial charge in [0.2, 0.25) is 0 Å². The van der Waals surface area contributed by atoms with E-state index in [1.165, 1.54) is 17.2 Å². The number of ketones is 1. The topological polar surface area (TPSA) is 43.8 Å². The quantitative estimate of drug-likeness (QED) is 0.281. The van der Waals surface area contributed by atoms with Gasteiger partial charge in [-0.3, -0.25) is 4.79 Å². The number of likely N-dealkylation sites (tertiary alicyclic amines) is 1. The lowest BCUT2D eigenvalue weighted by Crippen LogP contribution is -2.47. The van der Waals surface area contributed by atoms with Crippen LogP contribution in [0.1, 0.15) is 57.3 Å². The third-order valence-corrected chi connectivity index (χ3v) is 7.83. The molecule has 3 aromatic carbocycles. The Kier molecular flexibility index (Phi) is 8.78. The highest BCUT2D eigenvalue weighted by atomic mass is 19.1. The molecule has 1 heterocycles. The number of Topliss-reactive ketones (excluding diaryl/α,β-unsaturated/α-hetero) is 1. The van der Waals surface area contributed by atoms with Gasteiger partial charge in [0.05, 0.1) is 0 Å². The van der Waals surface area contributed by atoms with Crippen molar-refractivity contribution in [3.05, 3.63) is 100 Å². The molecule has 4 nitrogen and oxygen atoms in total. The summed E-state index contributed by atoms with van der Waals surface area (Å²) in [6.45, 7) is 7.31. The van der Waals surface area contributed by atoms with E-state index < -0.39 is 0 Å². The van der Waals surface area contributed by atoms with Gasteiger partial charge in [-0.15, -0.1) is 0 Å². The van der Waals surface area contributed by atoms with Crippen molar-refractivity contribution < 1.29 is 14.3 Å². The maximum atomic E-state index is 14.9. The number of piperidine rings is 1. The highest BCUT2D eigenvalue weighted by molar-refractivity contribution is 5.99. The first-order valence-electron chi connectivity index (χ1n) is 13.3. The normalized spacial score (nSPS) is 20.3. The van der Waals surface area contributed by atoms with Crippen LogP contribution in [0, 0.1) is 25.6 Å². The van der Waals surface area contributed by atoms with E-state index in [2.05, 4.69) is 49.0 Å². The maximum Gasteiger partial charge on any atom is 0.167 e. The Bertz CT molecular complexity index is 1220. The highest BCUT2D eigenvalue weighted by Crippen LogP contribution is 2.46. The molecule has 0 spiro atoms. The van der Waals surface area contributed by atoms with Crippen LogP contribution in [0.15, 0.2) is 66.7 Å². The van der Waals surface area contributed by atoms with Crippen LogP contribution < -0.4 is 0 Å². The number of aromatic hydroxyl groups is 1. The van der Waals surface area contributed by atoms with Gasteiger partial charge in [0.25, 0.3) is 0 Å². The molecule has 5 heteroatoms. The maximum absolute atomic E-state index is 14.9. The van der Waals surface area contributed by atoms with Crippen molar-refractivity contribution in [2.24, 2.45) is 5.92 Å². The highest BCUT2D eigenvalue weighted by Gasteiger charge is 2.43. The number of phenolic OH excluding ortho intramolecular Hbond substituents is 1. The van der Waals surface area contributed by atoms with Gasteiger partial charge in [-0.1, -0.05) is 48.5 Å². The van der Waals surface area contributed by atoms with Gasteiger partial charge in [0, 0.05) is 36.4 Å². The summed E-state index contributed by atoms with van der Waals surface area (Å²) in [5.74, 6) is -0.664. The molecule has 0 saturated carbocycles.